The lowest BCUT2D eigenvalue weighted by Crippen LogP contribution is -2.23. The first-order valence-corrected chi connectivity index (χ1v) is 8.99. The van der Waals surface area contributed by atoms with E-state index in [1.807, 2.05) is 25.1 Å². The van der Waals surface area contributed by atoms with Gasteiger partial charge >= 0.3 is 0 Å². The monoisotopic (exact) mass is 376 g/mol. The zero-order chi connectivity index (χ0) is 19.8. The van der Waals surface area contributed by atoms with Crippen molar-refractivity contribution in [1.29, 1.82) is 0 Å². The molecule has 1 amide bonds. The molecule has 142 valence electrons. The predicted molar refractivity (Wildman–Crippen MR) is 108 cm³/mol. The number of amides is 1. The number of rotatable bonds is 7. The molecule has 28 heavy (non-hydrogen) atoms. The summed E-state index contributed by atoms with van der Waals surface area (Å²) in [6.07, 6.45) is 6.85. The number of halogens is 1. The molecule has 3 aromatic rings. The van der Waals surface area contributed by atoms with Crippen LogP contribution in [-0.4, -0.2) is 17.4 Å². The van der Waals surface area contributed by atoms with Crippen LogP contribution in [0.15, 0.2) is 73.1 Å². The fraction of sp³-hybridized carbons (Fsp3) is 0.130. The lowest BCUT2D eigenvalue weighted by molar-refractivity contribution is -0.116. The molecule has 0 atom stereocenters. The number of hydrogen-bond acceptors (Lipinski definition) is 3. The van der Waals surface area contributed by atoms with Crippen molar-refractivity contribution in [2.75, 3.05) is 6.54 Å². The fourth-order valence-corrected chi connectivity index (χ4v) is 2.67. The maximum atomic E-state index is 14.2. The lowest BCUT2D eigenvalue weighted by Gasteiger charge is -2.06. The van der Waals surface area contributed by atoms with Gasteiger partial charge in [-0.25, -0.2) is 4.39 Å². The second-order valence-electron chi connectivity index (χ2n) is 6.34. The van der Waals surface area contributed by atoms with E-state index in [9.17, 15) is 9.18 Å². The molecular formula is C23H21FN2O2. The SMILES string of the molecule is Cc1cccc(CCNC(=O)/C=C/c2ccc(Oc3cccnc3)c(F)c2)c1. The van der Waals surface area contributed by atoms with E-state index in [4.69, 9.17) is 4.74 Å². The molecule has 3 rings (SSSR count). The summed E-state index contributed by atoms with van der Waals surface area (Å²) in [5.41, 5.74) is 2.95. The first kappa shape index (κ1) is 19.3. The van der Waals surface area contributed by atoms with Crippen LogP contribution in [0.1, 0.15) is 16.7 Å². The Morgan fingerprint density at radius 2 is 2.07 bits per heavy atom. The van der Waals surface area contributed by atoms with Gasteiger partial charge in [-0.1, -0.05) is 35.9 Å². The third kappa shape index (κ3) is 5.77. The Hall–Kier alpha value is -3.47. The molecule has 0 aliphatic heterocycles. The van der Waals surface area contributed by atoms with Gasteiger partial charge < -0.3 is 10.1 Å². The summed E-state index contributed by atoms with van der Waals surface area (Å²) < 4.78 is 19.7. The van der Waals surface area contributed by atoms with Crippen LogP contribution in [0.5, 0.6) is 11.5 Å². The molecule has 0 unspecified atom stereocenters. The van der Waals surface area contributed by atoms with Crippen LogP contribution in [-0.2, 0) is 11.2 Å². The maximum Gasteiger partial charge on any atom is 0.244 e. The van der Waals surface area contributed by atoms with E-state index in [2.05, 4.69) is 16.4 Å². The van der Waals surface area contributed by atoms with Crippen LogP contribution in [0.4, 0.5) is 4.39 Å². The zero-order valence-corrected chi connectivity index (χ0v) is 15.6. The number of ether oxygens (including phenoxy) is 1. The summed E-state index contributed by atoms with van der Waals surface area (Å²) in [6, 6.07) is 16.1. The molecule has 5 heteroatoms. The van der Waals surface area contributed by atoms with Crippen molar-refractivity contribution in [1.82, 2.24) is 10.3 Å². The highest BCUT2D eigenvalue weighted by Gasteiger charge is 2.05. The normalized spacial score (nSPS) is 10.8. The number of hydrogen-bond donors (Lipinski definition) is 1. The number of pyridine rings is 1. The summed E-state index contributed by atoms with van der Waals surface area (Å²) in [7, 11) is 0. The average molecular weight is 376 g/mol. The molecule has 4 nitrogen and oxygen atoms in total. The highest BCUT2D eigenvalue weighted by Crippen LogP contribution is 2.24. The Morgan fingerprint density at radius 1 is 1.18 bits per heavy atom. The smallest absolute Gasteiger partial charge is 0.244 e. The van der Waals surface area contributed by atoms with Gasteiger partial charge in [-0.2, -0.15) is 0 Å². The highest BCUT2D eigenvalue weighted by atomic mass is 19.1. The Kier molecular flexibility index (Phi) is 6.52. The third-order valence-electron chi connectivity index (χ3n) is 4.04. The second-order valence-corrected chi connectivity index (χ2v) is 6.34. The summed E-state index contributed by atoms with van der Waals surface area (Å²) in [4.78, 5) is 15.9. The topological polar surface area (TPSA) is 51.2 Å². The molecule has 0 aliphatic rings. The number of benzene rings is 2. The van der Waals surface area contributed by atoms with Crippen molar-refractivity contribution in [2.45, 2.75) is 13.3 Å². The van der Waals surface area contributed by atoms with E-state index in [-0.39, 0.29) is 11.7 Å². The van der Waals surface area contributed by atoms with Crippen molar-refractivity contribution in [2.24, 2.45) is 0 Å². The van der Waals surface area contributed by atoms with Gasteiger partial charge in [-0.3, -0.25) is 9.78 Å². The second kappa shape index (κ2) is 9.46. The van der Waals surface area contributed by atoms with Crippen molar-refractivity contribution in [3.63, 3.8) is 0 Å². The van der Waals surface area contributed by atoms with E-state index in [1.54, 1.807) is 30.5 Å². The van der Waals surface area contributed by atoms with Gasteiger partial charge in [0.1, 0.15) is 5.75 Å². The van der Waals surface area contributed by atoms with Gasteiger partial charge in [0, 0.05) is 18.8 Å². The third-order valence-corrected chi connectivity index (χ3v) is 4.04. The van der Waals surface area contributed by atoms with Crippen molar-refractivity contribution in [3.8, 4) is 11.5 Å². The minimum atomic E-state index is -0.508. The van der Waals surface area contributed by atoms with E-state index in [0.29, 0.717) is 17.9 Å². The molecular weight excluding hydrogens is 355 g/mol. The maximum absolute atomic E-state index is 14.2. The largest absolute Gasteiger partial charge is 0.453 e. The molecule has 0 saturated carbocycles. The van der Waals surface area contributed by atoms with Gasteiger partial charge in [-0.15, -0.1) is 0 Å². The molecule has 1 N–H and O–H groups in total. The van der Waals surface area contributed by atoms with E-state index in [0.717, 1.165) is 6.42 Å². The van der Waals surface area contributed by atoms with E-state index < -0.39 is 5.82 Å². The fourth-order valence-electron chi connectivity index (χ4n) is 2.67. The summed E-state index contributed by atoms with van der Waals surface area (Å²) in [6.45, 7) is 2.58. The van der Waals surface area contributed by atoms with Crippen LogP contribution in [0, 0.1) is 12.7 Å². The number of nitrogens with one attached hydrogen (secondary N) is 1. The standard InChI is InChI=1S/C23H21FN2O2/c1-17-4-2-5-18(14-17)11-13-26-23(27)10-8-19-7-9-22(21(24)15-19)28-20-6-3-12-25-16-20/h2-10,12,14-16H,11,13H2,1H3,(H,26,27)/b10-8+. The molecule has 1 heterocycles. The number of carbonyl (C=O) groups excluding carboxylic acids is 1. The molecule has 0 saturated heterocycles. The van der Waals surface area contributed by atoms with Gasteiger partial charge in [-0.05, 0) is 54.8 Å². The van der Waals surface area contributed by atoms with Crippen molar-refractivity contribution in [3.05, 3.63) is 95.6 Å². The number of aryl methyl sites for hydroxylation is 1. The van der Waals surface area contributed by atoms with Crippen LogP contribution >= 0.6 is 0 Å². The molecule has 0 fully saturated rings. The Labute approximate surface area is 163 Å². The van der Waals surface area contributed by atoms with Crippen LogP contribution in [0.3, 0.4) is 0 Å². The number of aromatic nitrogens is 1. The molecule has 1 aromatic heterocycles. The van der Waals surface area contributed by atoms with Gasteiger partial charge in [0.2, 0.25) is 5.91 Å². The van der Waals surface area contributed by atoms with E-state index in [1.165, 1.54) is 35.5 Å². The Balaban J connectivity index is 1.52. The van der Waals surface area contributed by atoms with E-state index >= 15 is 0 Å². The zero-order valence-electron chi connectivity index (χ0n) is 15.6. The number of nitrogens with zero attached hydrogens (tertiary/aromatic N) is 1. The van der Waals surface area contributed by atoms with Crippen molar-refractivity contribution >= 4 is 12.0 Å². The minimum Gasteiger partial charge on any atom is -0.453 e. The summed E-state index contributed by atoms with van der Waals surface area (Å²) >= 11 is 0. The molecule has 0 spiro atoms. The first-order chi connectivity index (χ1) is 13.6. The van der Waals surface area contributed by atoms with Crippen LogP contribution in [0.25, 0.3) is 6.08 Å². The first-order valence-electron chi connectivity index (χ1n) is 8.99. The Bertz CT molecular complexity index is 971. The summed E-state index contributed by atoms with van der Waals surface area (Å²) in [5, 5.41) is 2.83. The average Bonchev–Trinajstić information content (AvgIpc) is 2.69. The molecule has 0 bridgehead atoms. The molecule has 2 aromatic carbocycles. The van der Waals surface area contributed by atoms with Gasteiger partial charge in [0.15, 0.2) is 11.6 Å². The minimum absolute atomic E-state index is 0.104. The predicted octanol–water partition coefficient (Wildman–Crippen LogP) is 4.69. The van der Waals surface area contributed by atoms with Gasteiger partial charge in [0.25, 0.3) is 0 Å². The molecule has 0 radical (unpaired) electrons. The van der Waals surface area contributed by atoms with Crippen molar-refractivity contribution < 1.29 is 13.9 Å². The summed E-state index contributed by atoms with van der Waals surface area (Å²) in [5.74, 6) is -0.167. The lowest BCUT2D eigenvalue weighted by atomic mass is 10.1. The van der Waals surface area contributed by atoms with Crippen LogP contribution < -0.4 is 10.1 Å². The molecule has 0 aliphatic carbocycles. The quantitative estimate of drug-likeness (QED) is 0.609. The Morgan fingerprint density at radius 3 is 2.82 bits per heavy atom. The van der Waals surface area contributed by atoms with Gasteiger partial charge in [0.05, 0.1) is 6.20 Å². The van der Waals surface area contributed by atoms with Crippen LogP contribution in [0.2, 0.25) is 0 Å². The highest BCUT2D eigenvalue weighted by molar-refractivity contribution is 5.91. The number of carbonyl (C=O) groups is 1.